The van der Waals surface area contributed by atoms with Crippen LogP contribution in [0.5, 0.6) is 0 Å². The second kappa shape index (κ2) is 8.09. The van der Waals surface area contributed by atoms with E-state index in [0.29, 0.717) is 29.9 Å². The standard InChI is InChI=1S/C22H27N5O4S/c1-15-5-7-17(8-6-15)32(29,30)27-12-10-18-19(23-14-24-20(18)27)25-16-9-11-26(13-16)21(28)31-22(2,3)4/h5-8,10,12,14,16H,9,11,13H2,1-4H3,(H,23,24,25)/t16-/m0/s1. The molecule has 3 aromatic rings. The molecule has 170 valence electrons. The molecule has 0 aliphatic carbocycles. The van der Waals surface area contributed by atoms with Crippen molar-refractivity contribution in [1.82, 2.24) is 18.8 Å². The summed E-state index contributed by atoms with van der Waals surface area (Å²) in [5.41, 5.74) is 0.727. The van der Waals surface area contributed by atoms with Crippen LogP contribution in [0.15, 0.2) is 47.8 Å². The molecule has 1 aromatic carbocycles. The molecular formula is C22H27N5O4S. The number of ether oxygens (including phenoxy) is 1. The summed E-state index contributed by atoms with van der Waals surface area (Å²) in [6.07, 6.45) is 3.21. The highest BCUT2D eigenvalue weighted by atomic mass is 32.2. The Hall–Kier alpha value is -3.14. The number of aromatic nitrogens is 3. The number of likely N-dealkylation sites (tertiary alicyclic amines) is 1. The number of rotatable bonds is 4. The lowest BCUT2D eigenvalue weighted by Crippen LogP contribution is -2.36. The Balaban J connectivity index is 1.56. The second-order valence-electron chi connectivity index (χ2n) is 8.95. The lowest BCUT2D eigenvalue weighted by atomic mass is 10.2. The van der Waals surface area contributed by atoms with Crippen LogP contribution in [0.3, 0.4) is 0 Å². The maximum absolute atomic E-state index is 13.1. The molecule has 0 bridgehead atoms. The first-order valence-corrected chi connectivity index (χ1v) is 11.9. The van der Waals surface area contributed by atoms with E-state index < -0.39 is 15.6 Å². The molecule has 1 atom stereocenters. The van der Waals surface area contributed by atoms with E-state index in [0.717, 1.165) is 12.0 Å². The number of amides is 1. The fourth-order valence-electron chi connectivity index (χ4n) is 3.62. The van der Waals surface area contributed by atoms with Crippen molar-refractivity contribution in [2.75, 3.05) is 18.4 Å². The topological polar surface area (TPSA) is 106 Å². The molecular weight excluding hydrogens is 430 g/mol. The van der Waals surface area contributed by atoms with Crippen LogP contribution in [0.4, 0.5) is 10.6 Å². The van der Waals surface area contributed by atoms with Crippen molar-refractivity contribution in [2.45, 2.75) is 50.7 Å². The maximum Gasteiger partial charge on any atom is 0.410 e. The van der Waals surface area contributed by atoms with Gasteiger partial charge in [-0.05, 0) is 52.3 Å². The molecule has 1 amide bonds. The van der Waals surface area contributed by atoms with Crippen molar-refractivity contribution >= 4 is 33.0 Å². The molecule has 0 unspecified atom stereocenters. The van der Waals surface area contributed by atoms with E-state index in [2.05, 4.69) is 15.3 Å². The number of nitrogens with one attached hydrogen (secondary N) is 1. The number of benzene rings is 1. The van der Waals surface area contributed by atoms with Gasteiger partial charge in [0.2, 0.25) is 0 Å². The van der Waals surface area contributed by atoms with Crippen LogP contribution in [-0.4, -0.2) is 58.1 Å². The minimum Gasteiger partial charge on any atom is -0.444 e. The van der Waals surface area contributed by atoms with Gasteiger partial charge in [-0.25, -0.2) is 27.2 Å². The summed E-state index contributed by atoms with van der Waals surface area (Å²) < 4.78 is 32.9. The first-order chi connectivity index (χ1) is 15.0. The summed E-state index contributed by atoms with van der Waals surface area (Å²) in [5.74, 6) is 0.531. The lowest BCUT2D eigenvalue weighted by Gasteiger charge is -2.24. The van der Waals surface area contributed by atoms with Crippen LogP contribution < -0.4 is 5.32 Å². The lowest BCUT2D eigenvalue weighted by molar-refractivity contribution is 0.0293. The van der Waals surface area contributed by atoms with E-state index in [4.69, 9.17) is 4.74 Å². The Morgan fingerprint density at radius 3 is 2.56 bits per heavy atom. The van der Waals surface area contributed by atoms with Gasteiger partial charge in [-0.1, -0.05) is 17.7 Å². The fraction of sp³-hybridized carbons (Fsp3) is 0.409. The number of fused-ring (bicyclic) bond motifs is 1. The molecule has 0 spiro atoms. The Labute approximate surface area is 187 Å². The fourth-order valence-corrected chi connectivity index (χ4v) is 4.93. The van der Waals surface area contributed by atoms with E-state index in [1.54, 1.807) is 35.2 Å². The predicted octanol–water partition coefficient (Wildman–Crippen LogP) is 3.40. The third-order valence-corrected chi connectivity index (χ3v) is 6.89. The normalized spacial score (nSPS) is 17.0. The SMILES string of the molecule is Cc1ccc(S(=O)(=O)n2ccc3c(N[C@H]4CCN(C(=O)OC(C)(C)C)C4)ncnc32)cc1. The first-order valence-electron chi connectivity index (χ1n) is 10.4. The third-order valence-electron chi connectivity index (χ3n) is 5.21. The molecule has 1 aliphatic rings. The Morgan fingerprint density at radius 2 is 1.88 bits per heavy atom. The summed E-state index contributed by atoms with van der Waals surface area (Å²) in [7, 11) is -3.79. The zero-order valence-corrected chi connectivity index (χ0v) is 19.4. The summed E-state index contributed by atoms with van der Waals surface area (Å²) >= 11 is 0. The largest absolute Gasteiger partial charge is 0.444 e. The molecule has 4 rings (SSSR count). The average Bonchev–Trinajstić information content (AvgIpc) is 3.35. The predicted molar refractivity (Wildman–Crippen MR) is 121 cm³/mol. The number of nitrogens with zero attached hydrogens (tertiary/aromatic N) is 4. The number of hydrogen-bond acceptors (Lipinski definition) is 7. The minimum absolute atomic E-state index is 0.0299. The summed E-state index contributed by atoms with van der Waals surface area (Å²) in [6, 6.07) is 8.34. The molecule has 1 fully saturated rings. The highest BCUT2D eigenvalue weighted by Gasteiger charge is 2.30. The van der Waals surface area contributed by atoms with Crippen LogP contribution >= 0.6 is 0 Å². The quantitative estimate of drug-likeness (QED) is 0.640. The van der Waals surface area contributed by atoms with E-state index in [9.17, 15) is 13.2 Å². The van der Waals surface area contributed by atoms with Crippen LogP contribution in [-0.2, 0) is 14.8 Å². The number of carbonyl (C=O) groups excluding carboxylic acids is 1. The molecule has 1 saturated heterocycles. The van der Waals surface area contributed by atoms with Crippen LogP contribution in [0, 0.1) is 6.92 Å². The van der Waals surface area contributed by atoms with E-state index in [1.807, 2.05) is 27.7 Å². The highest BCUT2D eigenvalue weighted by molar-refractivity contribution is 7.90. The van der Waals surface area contributed by atoms with Gasteiger partial charge in [0.25, 0.3) is 10.0 Å². The molecule has 32 heavy (non-hydrogen) atoms. The van der Waals surface area contributed by atoms with Gasteiger partial charge in [-0.15, -0.1) is 0 Å². The third kappa shape index (κ3) is 4.40. The molecule has 2 aromatic heterocycles. The molecule has 0 saturated carbocycles. The summed E-state index contributed by atoms with van der Waals surface area (Å²) in [5, 5.41) is 3.93. The van der Waals surface area contributed by atoms with Crippen molar-refractivity contribution in [1.29, 1.82) is 0 Å². The van der Waals surface area contributed by atoms with E-state index in [-0.39, 0.29) is 17.0 Å². The molecule has 3 heterocycles. The number of carbonyl (C=O) groups is 1. The van der Waals surface area contributed by atoms with Gasteiger partial charge in [0.1, 0.15) is 17.7 Å². The zero-order valence-electron chi connectivity index (χ0n) is 18.6. The molecule has 10 heteroatoms. The number of anilines is 1. The maximum atomic E-state index is 13.1. The van der Waals surface area contributed by atoms with Gasteiger partial charge in [0.05, 0.1) is 10.3 Å². The Kier molecular flexibility index (Phi) is 5.58. The Morgan fingerprint density at radius 1 is 1.16 bits per heavy atom. The number of hydrogen-bond donors (Lipinski definition) is 1. The van der Waals surface area contributed by atoms with Crippen molar-refractivity contribution < 1.29 is 17.9 Å². The molecule has 1 N–H and O–H groups in total. The van der Waals surface area contributed by atoms with Crippen LogP contribution in [0.25, 0.3) is 11.0 Å². The van der Waals surface area contributed by atoms with Gasteiger partial charge in [0, 0.05) is 25.3 Å². The summed E-state index contributed by atoms with van der Waals surface area (Å²) in [4.78, 5) is 22.7. The van der Waals surface area contributed by atoms with Crippen LogP contribution in [0.1, 0.15) is 32.8 Å². The van der Waals surface area contributed by atoms with Crippen molar-refractivity contribution in [3.05, 3.63) is 48.4 Å². The number of aryl methyl sites for hydroxylation is 1. The van der Waals surface area contributed by atoms with Gasteiger partial charge >= 0.3 is 6.09 Å². The Bertz CT molecular complexity index is 1250. The zero-order chi connectivity index (χ0) is 23.1. The van der Waals surface area contributed by atoms with Gasteiger partial charge < -0.3 is 15.0 Å². The van der Waals surface area contributed by atoms with Crippen molar-refractivity contribution in [3.8, 4) is 0 Å². The van der Waals surface area contributed by atoms with Gasteiger partial charge in [-0.3, -0.25) is 0 Å². The van der Waals surface area contributed by atoms with E-state index in [1.165, 1.54) is 16.5 Å². The first kappa shape index (κ1) is 22.1. The highest BCUT2D eigenvalue weighted by Crippen LogP contribution is 2.26. The average molecular weight is 458 g/mol. The summed E-state index contributed by atoms with van der Waals surface area (Å²) in [6.45, 7) is 8.46. The van der Waals surface area contributed by atoms with Gasteiger partial charge in [-0.2, -0.15) is 0 Å². The second-order valence-corrected chi connectivity index (χ2v) is 10.8. The molecule has 9 nitrogen and oxygen atoms in total. The van der Waals surface area contributed by atoms with Crippen molar-refractivity contribution in [2.24, 2.45) is 0 Å². The minimum atomic E-state index is -3.79. The van der Waals surface area contributed by atoms with Gasteiger partial charge in [0.15, 0.2) is 5.65 Å². The molecule has 0 radical (unpaired) electrons. The monoisotopic (exact) mass is 457 g/mol. The van der Waals surface area contributed by atoms with E-state index >= 15 is 0 Å². The van der Waals surface area contributed by atoms with Crippen LogP contribution in [0.2, 0.25) is 0 Å². The smallest absolute Gasteiger partial charge is 0.410 e. The molecule has 1 aliphatic heterocycles. The van der Waals surface area contributed by atoms with Crippen molar-refractivity contribution in [3.63, 3.8) is 0 Å².